The molecule has 0 saturated heterocycles. The maximum Gasteiger partial charge on any atom is 0.287 e. The maximum atomic E-state index is 11.9. The minimum Gasteiger partial charge on any atom is -0.396 e. The second-order valence-corrected chi connectivity index (χ2v) is 4.42. The molecule has 1 aromatic rings. The number of rotatable bonds is 6. The van der Waals surface area contributed by atoms with Crippen molar-refractivity contribution in [2.45, 2.75) is 25.8 Å². The van der Waals surface area contributed by atoms with Gasteiger partial charge in [0.25, 0.3) is 11.6 Å². The van der Waals surface area contributed by atoms with Crippen LogP contribution in [0.1, 0.15) is 30.1 Å². The van der Waals surface area contributed by atoms with Crippen molar-refractivity contribution >= 4 is 23.2 Å². The maximum absolute atomic E-state index is 11.9. The van der Waals surface area contributed by atoms with Crippen molar-refractivity contribution in [1.82, 2.24) is 5.32 Å². The highest BCUT2D eigenvalue weighted by Gasteiger charge is 2.17. The molecule has 0 radical (unpaired) electrons. The molecule has 0 fully saturated rings. The van der Waals surface area contributed by atoms with Gasteiger partial charge >= 0.3 is 0 Å². The molecule has 104 valence electrons. The zero-order chi connectivity index (χ0) is 14.4. The van der Waals surface area contributed by atoms with Crippen LogP contribution in [0.25, 0.3) is 0 Å². The van der Waals surface area contributed by atoms with Gasteiger partial charge in [-0.2, -0.15) is 0 Å². The van der Waals surface area contributed by atoms with E-state index in [0.717, 1.165) is 0 Å². The van der Waals surface area contributed by atoms with Gasteiger partial charge in [0, 0.05) is 24.3 Å². The first kappa shape index (κ1) is 15.4. The van der Waals surface area contributed by atoms with Gasteiger partial charge in [0.1, 0.15) is 5.02 Å². The minimum absolute atomic E-state index is 0.0141. The predicted molar refractivity (Wildman–Crippen MR) is 71.4 cm³/mol. The van der Waals surface area contributed by atoms with Crippen molar-refractivity contribution in [3.05, 3.63) is 38.9 Å². The lowest BCUT2D eigenvalue weighted by Gasteiger charge is -2.15. The molecule has 1 atom stereocenters. The molecule has 1 aromatic carbocycles. The van der Waals surface area contributed by atoms with Gasteiger partial charge in [0.05, 0.1) is 4.92 Å². The molecule has 0 aliphatic heterocycles. The fraction of sp³-hybridized carbons (Fsp3) is 0.417. The molecule has 19 heavy (non-hydrogen) atoms. The highest BCUT2D eigenvalue weighted by molar-refractivity contribution is 6.33. The van der Waals surface area contributed by atoms with E-state index in [4.69, 9.17) is 16.7 Å². The molecule has 7 heteroatoms. The standard InChI is InChI=1S/C12H15ClN2O4/c1-2-9(5-6-16)14-12(17)8-3-4-11(15(18)19)10(13)7-8/h3-4,7,9,16H,2,5-6H2,1H3,(H,14,17)/t9-/m1/s1. The molecule has 0 spiro atoms. The second kappa shape index (κ2) is 7.06. The van der Waals surface area contributed by atoms with E-state index in [2.05, 4.69) is 5.32 Å². The first-order valence-corrected chi connectivity index (χ1v) is 6.23. The molecule has 0 saturated carbocycles. The number of aliphatic hydroxyl groups is 1. The number of carbonyl (C=O) groups is 1. The fourth-order valence-electron chi connectivity index (χ4n) is 1.60. The zero-order valence-electron chi connectivity index (χ0n) is 10.4. The van der Waals surface area contributed by atoms with Gasteiger partial charge in [-0.3, -0.25) is 14.9 Å². The number of hydrogen-bond acceptors (Lipinski definition) is 4. The Labute approximate surface area is 115 Å². The summed E-state index contributed by atoms with van der Waals surface area (Å²) in [4.78, 5) is 21.9. The van der Waals surface area contributed by atoms with Crippen LogP contribution in [0.3, 0.4) is 0 Å². The molecule has 0 bridgehead atoms. The van der Waals surface area contributed by atoms with Gasteiger partial charge in [0.2, 0.25) is 0 Å². The average molecular weight is 287 g/mol. The van der Waals surface area contributed by atoms with Crippen LogP contribution >= 0.6 is 11.6 Å². The number of nitrogens with one attached hydrogen (secondary N) is 1. The molecule has 0 aliphatic carbocycles. The number of carbonyl (C=O) groups excluding carboxylic acids is 1. The van der Waals surface area contributed by atoms with Crippen LogP contribution in [0.4, 0.5) is 5.69 Å². The summed E-state index contributed by atoms with van der Waals surface area (Å²) in [5.41, 5.74) is 0.0209. The molecule has 0 aliphatic rings. The van der Waals surface area contributed by atoms with Crippen molar-refractivity contribution in [3.63, 3.8) is 0 Å². The summed E-state index contributed by atoms with van der Waals surface area (Å²) < 4.78 is 0. The Balaban J connectivity index is 2.83. The smallest absolute Gasteiger partial charge is 0.287 e. The third kappa shape index (κ3) is 4.18. The summed E-state index contributed by atoms with van der Waals surface area (Å²) in [6, 6.07) is 3.68. The Bertz CT molecular complexity index is 479. The number of hydrogen-bond donors (Lipinski definition) is 2. The van der Waals surface area contributed by atoms with Crippen LogP contribution in [0, 0.1) is 10.1 Å². The third-order valence-electron chi connectivity index (χ3n) is 2.71. The quantitative estimate of drug-likeness (QED) is 0.619. The van der Waals surface area contributed by atoms with Crippen LogP contribution in [0.5, 0.6) is 0 Å². The summed E-state index contributed by atoms with van der Waals surface area (Å²) in [5, 5.41) is 22.1. The molecule has 0 aromatic heterocycles. The fourth-order valence-corrected chi connectivity index (χ4v) is 1.85. The van der Waals surface area contributed by atoms with Gasteiger partial charge in [-0.1, -0.05) is 18.5 Å². The van der Waals surface area contributed by atoms with Crippen molar-refractivity contribution in [2.75, 3.05) is 6.61 Å². The molecular weight excluding hydrogens is 272 g/mol. The Hall–Kier alpha value is -1.66. The van der Waals surface area contributed by atoms with Gasteiger partial charge in [0.15, 0.2) is 0 Å². The Kier molecular flexibility index (Phi) is 5.72. The van der Waals surface area contributed by atoms with Crippen LogP contribution in [-0.4, -0.2) is 28.6 Å². The van der Waals surface area contributed by atoms with E-state index in [1.54, 1.807) is 0 Å². The SMILES string of the molecule is CC[C@H](CCO)NC(=O)c1ccc([N+](=O)[O-])c(Cl)c1. The zero-order valence-corrected chi connectivity index (χ0v) is 11.2. The summed E-state index contributed by atoms with van der Waals surface area (Å²) in [6.45, 7) is 1.88. The third-order valence-corrected chi connectivity index (χ3v) is 3.01. The summed E-state index contributed by atoms with van der Waals surface area (Å²) in [6.07, 6.45) is 1.15. The van der Waals surface area contributed by atoms with Gasteiger partial charge in [-0.25, -0.2) is 0 Å². The second-order valence-electron chi connectivity index (χ2n) is 4.01. The molecule has 1 rings (SSSR count). The van der Waals surface area contributed by atoms with Gasteiger partial charge < -0.3 is 10.4 Å². The lowest BCUT2D eigenvalue weighted by molar-refractivity contribution is -0.384. The van der Waals surface area contributed by atoms with E-state index < -0.39 is 4.92 Å². The lowest BCUT2D eigenvalue weighted by Crippen LogP contribution is -2.35. The summed E-state index contributed by atoms with van der Waals surface area (Å²) >= 11 is 5.74. The van der Waals surface area contributed by atoms with E-state index in [0.29, 0.717) is 12.8 Å². The minimum atomic E-state index is -0.607. The van der Waals surface area contributed by atoms with Crippen LogP contribution in [-0.2, 0) is 0 Å². The number of halogens is 1. The molecule has 0 heterocycles. The van der Waals surface area contributed by atoms with Gasteiger partial charge in [-0.15, -0.1) is 0 Å². The molecule has 1 amide bonds. The van der Waals surface area contributed by atoms with Crippen LogP contribution in [0.2, 0.25) is 5.02 Å². The van der Waals surface area contributed by atoms with Crippen molar-refractivity contribution in [2.24, 2.45) is 0 Å². The van der Waals surface area contributed by atoms with E-state index >= 15 is 0 Å². The van der Waals surface area contributed by atoms with Crippen LogP contribution in [0.15, 0.2) is 18.2 Å². The summed E-state index contributed by atoms with van der Waals surface area (Å²) in [5.74, 6) is -0.364. The number of nitrogens with zero attached hydrogens (tertiary/aromatic N) is 1. The molecule has 2 N–H and O–H groups in total. The Morgan fingerprint density at radius 3 is 2.74 bits per heavy atom. The first-order valence-electron chi connectivity index (χ1n) is 5.85. The number of aliphatic hydroxyl groups excluding tert-OH is 1. The monoisotopic (exact) mass is 286 g/mol. The molecule has 0 unspecified atom stereocenters. The van der Waals surface area contributed by atoms with Crippen molar-refractivity contribution in [1.29, 1.82) is 0 Å². The largest absolute Gasteiger partial charge is 0.396 e. The Morgan fingerprint density at radius 2 is 2.26 bits per heavy atom. The number of benzene rings is 1. The predicted octanol–water partition coefficient (Wildman–Crippen LogP) is 2.14. The van der Waals surface area contributed by atoms with Crippen LogP contribution < -0.4 is 5.32 Å². The normalized spacial score (nSPS) is 11.9. The average Bonchev–Trinajstić information content (AvgIpc) is 2.37. The lowest BCUT2D eigenvalue weighted by atomic mass is 10.1. The van der Waals surface area contributed by atoms with Crippen molar-refractivity contribution in [3.8, 4) is 0 Å². The number of nitro groups is 1. The van der Waals surface area contributed by atoms with E-state index in [1.165, 1.54) is 18.2 Å². The van der Waals surface area contributed by atoms with E-state index in [1.807, 2.05) is 6.92 Å². The van der Waals surface area contributed by atoms with E-state index in [9.17, 15) is 14.9 Å². The highest BCUT2D eigenvalue weighted by atomic mass is 35.5. The van der Waals surface area contributed by atoms with Gasteiger partial charge in [-0.05, 0) is 25.0 Å². The number of amides is 1. The van der Waals surface area contributed by atoms with E-state index in [-0.39, 0.29) is 34.8 Å². The van der Waals surface area contributed by atoms with Crippen molar-refractivity contribution < 1.29 is 14.8 Å². The first-order chi connectivity index (χ1) is 8.99. The molecular formula is C12H15ClN2O4. The summed E-state index contributed by atoms with van der Waals surface area (Å²) in [7, 11) is 0. The topological polar surface area (TPSA) is 92.5 Å². The highest BCUT2D eigenvalue weighted by Crippen LogP contribution is 2.24. The molecule has 6 nitrogen and oxygen atoms in total. The number of nitro benzene ring substituents is 1. The Morgan fingerprint density at radius 1 is 1.58 bits per heavy atom.